The summed E-state index contributed by atoms with van der Waals surface area (Å²) in [6.07, 6.45) is 0.180. The number of carbonyl (C=O) groups is 1. The zero-order valence-electron chi connectivity index (χ0n) is 10.9. The molecular weight excluding hydrogens is 251 g/mol. The molecule has 1 amide bonds. The summed E-state index contributed by atoms with van der Waals surface area (Å²) in [7, 11) is 0. The van der Waals surface area contributed by atoms with Gasteiger partial charge in [0.2, 0.25) is 5.91 Å². The van der Waals surface area contributed by atoms with Crippen LogP contribution in [-0.4, -0.2) is 30.0 Å². The molecule has 1 rings (SSSR count). The van der Waals surface area contributed by atoms with E-state index in [4.69, 9.17) is 9.94 Å². The smallest absolute Gasteiger partial charge is 0.223 e. The van der Waals surface area contributed by atoms with Gasteiger partial charge in [-0.3, -0.25) is 4.79 Å². The number of nitrogens with one attached hydrogen (secondary N) is 1. The molecule has 2 N–H and O–H groups in total. The van der Waals surface area contributed by atoms with Gasteiger partial charge in [-0.15, -0.1) is 0 Å². The van der Waals surface area contributed by atoms with Gasteiger partial charge in [0.15, 0.2) is 0 Å². The number of benzene rings is 1. The molecule has 6 heteroatoms. The average Bonchev–Trinajstić information content (AvgIpc) is 2.38. The first kappa shape index (κ1) is 14.9. The van der Waals surface area contributed by atoms with Gasteiger partial charge in [-0.25, -0.2) is 4.39 Å². The SMILES string of the molecule is CCNC(=O)CCOc1cc(F)ccc1C(C)=NO. The summed E-state index contributed by atoms with van der Waals surface area (Å²) in [4.78, 5) is 11.2. The van der Waals surface area contributed by atoms with Gasteiger partial charge < -0.3 is 15.3 Å². The van der Waals surface area contributed by atoms with Gasteiger partial charge in [0.05, 0.1) is 18.7 Å². The van der Waals surface area contributed by atoms with Gasteiger partial charge in [-0.05, 0) is 26.0 Å². The number of amides is 1. The summed E-state index contributed by atoms with van der Waals surface area (Å²) in [6, 6.07) is 3.91. The Hall–Kier alpha value is -2.11. The molecular formula is C13H17FN2O3. The highest BCUT2D eigenvalue weighted by Gasteiger charge is 2.09. The molecule has 0 aliphatic carbocycles. The molecule has 0 heterocycles. The van der Waals surface area contributed by atoms with Crippen LogP contribution in [0.5, 0.6) is 5.75 Å². The second-order valence-corrected chi connectivity index (χ2v) is 3.88. The van der Waals surface area contributed by atoms with E-state index in [0.29, 0.717) is 17.8 Å². The molecule has 0 aliphatic rings. The Bertz CT molecular complexity index is 475. The van der Waals surface area contributed by atoms with Crippen molar-refractivity contribution in [3.05, 3.63) is 29.6 Å². The largest absolute Gasteiger partial charge is 0.492 e. The molecule has 0 atom stereocenters. The third-order valence-corrected chi connectivity index (χ3v) is 2.44. The van der Waals surface area contributed by atoms with Gasteiger partial charge in [0, 0.05) is 18.2 Å². The fourth-order valence-corrected chi connectivity index (χ4v) is 1.51. The number of nitrogens with zero attached hydrogens (tertiary/aromatic N) is 1. The number of halogens is 1. The van der Waals surface area contributed by atoms with Crippen LogP contribution in [0.4, 0.5) is 4.39 Å². The minimum absolute atomic E-state index is 0.126. The maximum atomic E-state index is 13.2. The van der Waals surface area contributed by atoms with Gasteiger partial charge in [-0.1, -0.05) is 5.16 Å². The summed E-state index contributed by atoms with van der Waals surface area (Å²) >= 11 is 0. The third kappa shape index (κ3) is 4.57. The van der Waals surface area contributed by atoms with Gasteiger partial charge in [0.25, 0.3) is 0 Å². The molecule has 1 aromatic rings. The summed E-state index contributed by atoms with van der Waals surface area (Å²) in [5.41, 5.74) is 0.799. The van der Waals surface area contributed by atoms with Crippen LogP contribution in [0.3, 0.4) is 0 Å². The fourth-order valence-electron chi connectivity index (χ4n) is 1.51. The van der Waals surface area contributed by atoms with Crippen LogP contribution in [-0.2, 0) is 4.79 Å². The van der Waals surface area contributed by atoms with E-state index in [9.17, 15) is 9.18 Å². The van der Waals surface area contributed by atoms with E-state index in [1.807, 2.05) is 6.92 Å². The molecule has 5 nitrogen and oxygen atoms in total. The van der Waals surface area contributed by atoms with Crippen LogP contribution in [0.1, 0.15) is 25.8 Å². The molecule has 0 fully saturated rings. The predicted octanol–water partition coefficient (Wildman–Crippen LogP) is 1.93. The fraction of sp³-hybridized carbons (Fsp3) is 0.385. The van der Waals surface area contributed by atoms with E-state index in [1.54, 1.807) is 6.92 Å². The number of rotatable bonds is 6. The molecule has 19 heavy (non-hydrogen) atoms. The number of oxime groups is 1. The van der Waals surface area contributed by atoms with Gasteiger partial charge in [0.1, 0.15) is 11.6 Å². The first-order valence-electron chi connectivity index (χ1n) is 5.96. The normalized spacial score (nSPS) is 11.2. The lowest BCUT2D eigenvalue weighted by molar-refractivity contribution is -0.121. The molecule has 0 aliphatic heterocycles. The number of carbonyl (C=O) groups excluding carboxylic acids is 1. The number of ether oxygens (including phenoxy) is 1. The van der Waals surface area contributed by atoms with Crippen LogP contribution in [0.2, 0.25) is 0 Å². The summed E-state index contributed by atoms with van der Waals surface area (Å²) in [5.74, 6) is -0.338. The topological polar surface area (TPSA) is 70.9 Å². The molecule has 1 aromatic carbocycles. The van der Waals surface area contributed by atoms with Gasteiger partial charge >= 0.3 is 0 Å². The zero-order chi connectivity index (χ0) is 14.3. The molecule has 0 spiro atoms. The predicted molar refractivity (Wildman–Crippen MR) is 69.2 cm³/mol. The summed E-state index contributed by atoms with van der Waals surface area (Å²) in [6.45, 7) is 4.08. The lowest BCUT2D eigenvalue weighted by Crippen LogP contribution is -2.24. The lowest BCUT2D eigenvalue weighted by Gasteiger charge is -2.10. The molecule has 0 unspecified atom stereocenters. The molecule has 0 saturated carbocycles. The van der Waals surface area contributed by atoms with E-state index in [-0.39, 0.29) is 24.7 Å². The van der Waals surface area contributed by atoms with Crippen LogP contribution in [0.15, 0.2) is 23.4 Å². The van der Waals surface area contributed by atoms with Crippen LogP contribution < -0.4 is 10.1 Å². The molecule has 0 bridgehead atoms. The maximum Gasteiger partial charge on any atom is 0.223 e. The molecule has 0 aromatic heterocycles. The molecule has 104 valence electrons. The van der Waals surface area contributed by atoms with E-state index in [0.717, 1.165) is 0 Å². The maximum absolute atomic E-state index is 13.2. The highest BCUT2D eigenvalue weighted by molar-refractivity contribution is 6.00. The average molecular weight is 268 g/mol. The van der Waals surface area contributed by atoms with Crippen molar-refractivity contribution in [2.45, 2.75) is 20.3 Å². The zero-order valence-corrected chi connectivity index (χ0v) is 10.9. The lowest BCUT2D eigenvalue weighted by atomic mass is 10.1. The van der Waals surface area contributed by atoms with Crippen molar-refractivity contribution in [2.75, 3.05) is 13.2 Å². The van der Waals surface area contributed by atoms with E-state index in [1.165, 1.54) is 18.2 Å². The second kappa shape index (κ2) is 7.35. The quantitative estimate of drug-likeness (QED) is 0.470. The van der Waals surface area contributed by atoms with Crippen molar-refractivity contribution in [3.63, 3.8) is 0 Å². The molecule has 0 radical (unpaired) electrons. The van der Waals surface area contributed by atoms with Crippen molar-refractivity contribution < 1.29 is 19.1 Å². The Balaban J connectivity index is 2.71. The summed E-state index contributed by atoms with van der Waals surface area (Å²) < 4.78 is 18.5. The third-order valence-electron chi connectivity index (χ3n) is 2.44. The Kier molecular flexibility index (Phi) is 5.78. The standard InChI is InChI=1S/C13H17FN2O3/c1-3-15-13(17)6-7-19-12-8-10(14)4-5-11(12)9(2)16-18/h4-5,8,18H,3,6-7H2,1-2H3,(H,15,17). The van der Waals surface area contributed by atoms with Crippen molar-refractivity contribution in [1.82, 2.24) is 5.32 Å². The molecule has 0 saturated heterocycles. The number of hydrogen-bond acceptors (Lipinski definition) is 4. The van der Waals surface area contributed by atoms with Crippen LogP contribution in [0, 0.1) is 5.82 Å². The Morgan fingerprint density at radius 2 is 2.26 bits per heavy atom. The van der Waals surface area contributed by atoms with E-state index < -0.39 is 5.82 Å². The monoisotopic (exact) mass is 268 g/mol. The first-order valence-corrected chi connectivity index (χ1v) is 5.96. The Labute approximate surface area is 111 Å². The minimum atomic E-state index is -0.456. The summed E-state index contributed by atoms with van der Waals surface area (Å²) in [5, 5.41) is 14.4. The Morgan fingerprint density at radius 1 is 1.53 bits per heavy atom. The van der Waals surface area contributed by atoms with Crippen molar-refractivity contribution >= 4 is 11.6 Å². The first-order chi connectivity index (χ1) is 9.08. The Morgan fingerprint density at radius 3 is 2.89 bits per heavy atom. The van der Waals surface area contributed by atoms with E-state index in [2.05, 4.69) is 10.5 Å². The van der Waals surface area contributed by atoms with Crippen molar-refractivity contribution in [1.29, 1.82) is 0 Å². The highest BCUT2D eigenvalue weighted by atomic mass is 19.1. The number of hydrogen-bond donors (Lipinski definition) is 2. The minimum Gasteiger partial charge on any atom is -0.492 e. The second-order valence-electron chi connectivity index (χ2n) is 3.88. The van der Waals surface area contributed by atoms with Crippen LogP contribution >= 0.6 is 0 Å². The van der Waals surface area contributed by atoms with Crippen LogP contribution in [0.25, 0.3) is 0 Å². The highest BCUT2D eigenvalue weighted by Crippen LogP contribution is 2.21. The van der Waals surface area contributed by atoms with Crippen molar-refractivity contribution in [3.8, 4) is 5.75 Å². The van der Waals surface area contributed by atoms with E-state index >= 15 is 0 Å². The van der Waals surface area contributed by atoms with Crippen molar-refractivity contribution in [2.24, 2.45) is 5.16 Å². The van der Waals surface area contributed by atoms with Gasteiger partial charge in [-0.2, -0.15) is 0 Å².